The molecular formula is C26H22F3NO4S. The van der Waals surface area contributed by atoms with Crippen LogP contribution in [0.5, 0.6) is 11.5 Å². The fourth-order valence-corrected chi connectivity index (χ4v) is 5.17. The first kappa shape index (κ1) is 24.7. The first-order chi connectivity index (χ1) is 16.6. The van der Waals surface area contributed by atoms with E-state index < -0.39 is 21.6 Å². The van der Waals surface area contributed by atoms with E-state index in [0.29, 0.717) is 33.6 Å². The Labute approximate surface area is 200 Å². The van der Waals surface area contributed by atoms with E-state index in [1.807, 2.05) is 0 Å². The summed E-state index contributed by atoms with van der Waals surface area (Å²) in [5, 5.41) is 9.26. The van der Waals surface area contributed by atoms with Crippen molar-refractivity contribution in [1.82, 2.24) is 4.98 Å². The van der Waals surface area contributed by atoms with E-state index in [1.165, 1.54) is 36.5 Å². The Hall–Kier alpha value is -3.43. The number of sulfone groups is 1. The molecule has 0 fully saturated rings. The second-order valence-electron chi connectivity index (χ2n) is 8.01. The van der Waals surface area contributed by atoms with Gasteiger partial charge in [-0.05, 0) is 72.5 Å². The normalized spacial score (nSPS) is 12.1. The molecule has 35 heavy (non-hydrogen) atoms. The highest BCUT2D eigenvalue weighted by Crippen LogP contribution is 2.39. The number of rotatable bonds is 7. The van der Waals surface area contributed by atoms with Crippen molar-refractivity contribution in [3.05, 3.63) is 84.1 Å². The van der Waals surface area contributed by atoms with Crippen molar-refractivity contribution >= 4 is 20.7 Å². The number of alkyl halides is 3. The number of pyridine rings is 1. The molecule has 9 heteroatoms. The van der Waals surface area contributed by atoms with Crippen molar-refractivity contribution in [3.63, 3.8) is 0 Å². The highest BCUT2D eigenvalue weighted by molar-refractivity contribution is 7.91. The van der Waals surface area contributed by atoms with Crippen molar-refractivity contribution in [3.8, 4) is 22.6 Å². The number of aryl methyl sites for hydroxylation is 1. The van der Waals surface area contributed by atoms with Gasteiger partial charge in [0.15, 0.2) is 9.84 Å². The van der Waals surface area contributed by atoms with Crippen LogP contribution in [0.1, 0.15) is 17.5 Å². The quantitative estimate of drug-likeness (QED) is 0.327. The number of halogens is 3. The minimum absolute atomic E-state index is 0.120. The van der Waals surface area contributed by atoms with E-state index in [9.17, 15) is 21.6 Å². The molecule has 3 aromatic carbocycles. The predicted octanol–water partition coefficient (Wildman–Crippen LogP) is 6.18. The van der Waals surface area contributed by atoms with Crippen LogP contribution >= 0.6 is 0 Å². The molecule has 0 aliphatic heterocycles. The summed E-state index contributed by atoms with van der Waals surface area (Å²) in [6.45, 7) is 1.58. The van der Waals surface area contributed by atoms with Crippen LogP contribution in [0.4, 0.5) is 13.2 Å². The molecule has 0 amide bonds. The summed E-state index contributed by atoms with van der Waals surface area (Å²) in [5.41, 5.74) is 1.08. The number of benzene rings is 3. The van der Waals surface area contributed by atoms with Crippen molar-refractivity contribution in [2.75, 3.05) is 12.4 Å². The van der Waals surface area contributed by atoms with Gasteiger partial charge < -0.3 is 9.84 Å². The monoisotopic (exact) mass is 501 g/mol. The molecule has 0 saturated heterocycles. The number of aromatic nitrogens is 1. The largest absolute Gasteiger partial charge is 0.457 e. The Morgan fingerprint density at radius 1 is 0.971 bits per heavy atom. The van der Waals surface area contributed by atoms with Crippen LogP contribution in [-0.2, 0) is 16.0 Å². The maximum absolute atomic E-state index is 13.5. The molecule has 0 spiro atoms. The lowest BCUT2D eigenvalue weighted by Crippen LogP contribution is -2.08. The highest BCUT2D eigenvalue weighted by Gasteiger charge is 2.33. The van der Waals surface area contributed by atoms with Gasteiger partial charge in [-0.1, -0.05) is 24.3 Å². The predicted molar refractivity (Wildman–Crippen MR) is 127 cm³/mol. The maximum Gasteiger partial charge on any atom is 0.418 e. The van der Waals surface area contributed by atoms with E-state index in [2.05, 4.69) is 4.98 Å². The molecule has 0 atom stereocenters. The fourth-order valence-electron chi connectivity index (χ4n) is 3.87. The number of aliphatic hydroxyl groups is 1. The lowest BCUT2D eigenvalue weighted by molar-refractivity contribution is -0.136. The van der Waals surface area contributed by atoms with Gasteiger partial charge in [0, 0.05) is 18.2 Å². The topological polar surface area (TPSA) is 76.5 Å². The third kappa shape index (κ3) is 5.31. The Balaban J connectivity index is 1.67. The van der Waals surface area contributed by atoms with Gasteiger partial charge in [0.1, 0.15) is 11.5 Å². The van der Waals surface area contributed by atoms with Gasteiger partial charge in [-0.25, -0.2) is 8.42 Å². The lowest BCUT2D eigenvalue weighted by atomic mass is 9.95. The van der Waals surface area contributed by atoms with Crippen LogP contribution in [0.15, 0.2) is 77.8 Å². The van der Waals surface area contributed by atoms with Crippen LogP contribution in [0.2, 0.25) is 0 Å². The molecule has 1 N–H and O–H groups in total. The van der Waals surface area contributed by atoms with Gasteiger partial charge in [-0.2, -0.15) is 13.2 Å². The second kappa shape index (κ2) is 9.67. The summed E-state index contributed by atoms with van der Waals surface area (Å²) in [6, 6.07) is 16.9. The van der Waals surface area contributed by atoms with Gasteiger partial charge in [0.05, 0.1) is 21.7 Å². The summed E-state index contributed by atoms with van der Waals surface area (Å²) in [4.78, 5) is 4.19. The van der Waals surface area contributed by atoms with Crippen LogP contribution < -0.4 is 4.74 Å². The number of ether oxygens (including phenoxy) is 1. The zero-order chi connectivity index (χ0) is 25.2. The van der Waals surface area contributed by atoms with Crippen LogP contribution in [-0.4, -0.2) is 30.9 Å². The molecule has 0 unspecified atom stereocenters. The first-order valence-electron chi connectivity index (χ1n) is 10.8. The Bertz CT molecular complexity index is 1470. The number of fused-ring (bicyclic) bond motifs is 1. The fraction of sp³-hybridized carbons (Fsp3) is 0.192. The number of hydrogen-bond donors (Lipinski definition) is 1. The molecule has 0 aliphatic rings. The molecule has 5 nitrogen and oxygen atoms in total. The van der Waals surface area contributed by atoms with Gasteiger partial charge in [-0.3, -0.25) is 4.98 Å². The molecule has 1 heterocycles. The van der Waals surface area contributed by atoms with Crippen LogP contribution in [0, 0.1) is 6.92 Å². The number of aliphatic hydroxyl groups excluding tert-OH is 1. The van der Waals surface area contributed by atoms with Crippen molar-refractivity contribution < 1.29 is 31.4 Å². The average Bonchev–Trinajstić information content (AvgIpc) is 2.82. The highest BCUT2D eigenvalue weighted by atomic mass is 32.2. The molecule has 4 rings (SSSR count). The third-order valence-electron chi connectivity index (χ3n) is 5.50. The summed E-state index contributed by atoms with van der Waals surface area (Å²) in [7, 11) is -3.50. The summed E-state index contributed by atoms with van der Waals surface area (Å²) < 4.78 is 70.9. The Kier molecular flexibility index (Phi) is 6.82. The number of hydrogen-bond acceptors (Lipinski definition) is 5. The Morgan fingerprint density at radius 3 is 2.37 bits per heavy atom. The van der Waals surface area contributed by atoms with Gasteiger partial charge in [0.2, 0.25) is 0 Å². The molecule has 0 saturated carbocycles. The van der Waals surface area contributed by atoms with E-state index in [4.69, 9.17) is 9.84 Å². The number of nitrogens with zero attached hydrogens (tertiary/aromatic N) is 1. The zero-order valence-corrected chi connectivity index (χ0v) is 19.5. The zero-order valence-electron chi connectivity index (χ0n) is 18.7. The van der Waals surface area contributed by atoms with Crippen molar-refractivity contribution in [1.29, 1.82) is 0 Å². The average molecular weight is 502 g/mol. The summed E-state index contributed by atoms with van der Waals surface area (Å²) in [6.07, 6.45) is -2.95. The SMILES string of the molecule is Cc1cnc2c(C(F)(F)F)cccc2c1-c1cccc(Oc2ccc(S(=O)(=O)CCCO)cc2)c1. The minimum atomic E-state index is -4.53. The molecule has 1 aromatic heterocycles. The molecule has 0 aliphatic carbocycles. The van der Waals surface area contributed by atoms with Crippen LogP contribution in [0.3, 0.4) is 0 Å². The van der Waals surface area contributed by atoms with Crippen LogP contribution in [0.25, 0.3) is 22.0 Å². The third-order valence-corrected chi connectivity index (χ3v) is 7.32. The molecule has 4 aromatic rings. The first-order valence-corrected chi connectivity index (χ1v) is 12.4. The van der Waals surface area contributed by atoms with E-state index in [1.54, 1.807) is 37.3 Å². The standard InChI is InChI=1S/C26H22F3NO4S/c1-17-16-30-25-22(7-3-8-23(25)26(27,28)29)24(17)18-5-2-6-20(15-18)34-19-9-11-21(12-10-19)35(32,33)14-4-13-31/h2-3,5-12,15-16,31H,4,13-14H2,1H3. The maximum atomic E-state index is 13.5. The van der Waals surface area contributed by atoms with Gasteiger partial charge in [-0.15, -0.1) is 0 Å². The summed E-state index contributed by atoms with van der Waals surface area (Å²) in [5.74, 6) is 0.690. The number of para-hydroxylation sites is 1. The van der Waals surface area contributed by atoms with E-state index in [0.717, 1.165) is 6.07 Å². The van der Waals surface area contributed by atoms with Crippen molar-refractivity contribution in [2.24, 2.45) is 0 Å². The molecule has 0 bridgehead atoms. The van der Waals surface area contributed by atoms with Gasteiger partial charge >= 0.3 is 6.18 Å². The molecule has 0 radical (unpaired) electrons. The lowest BCUT2D eigenvalue weighted by Gasteiger charge is -2.15. The van der Waals surface area contributed by atoms with E-state index in [-0.39, 0.29) is 29.2 Å². The minimum Gasteiger partial charge on any atom is -0.457 e. The van der Waals surface area contributed by atoms with Gasteiger partial charge in [0.25, 0.3) is 0 Å². The van der Waals surface area contributed by atoms with Crippen molar-refractivity contribution in [2.45, 2.75) is 24.4 Å². The van der Waals surface area contributed by atoms with E-state index >= 15 is 0 Å². The Morgan fingerprint density at radius 2 is 1.69 bits per heavy atom. The smallest absolute Gasteiger partial charge is 0.418 e. The molecule has 182 valence electrons. The summed E-state index contributed by atoms with van der Waals surface area (Å²) >= 11 is 0. The second-order valence-corrected chi connectivity index (χ2v) is 10.1. The molecular weight excluding hydrogens is 479 g/mol.